The molecule has 106 valence electrons. The van der Waals surface area contributed by atoms with Crippen molar-refractivity contribution >= 4 is 21.8 Å². The topological polar surface area (TPSA) is 52.6 Å². The van der Waals surface area contributed by atoms with E-state index in [1.165, 1.54) is 0 Å². The summed E-state index contributed by atoms with van der Waals surface area (Å²) in [5.74, 6) is -0.00708. The van der Waals surface area contributed by atoms with Gasteiger partial charge in [-0.05, 0) is 31.2 Å². The molecule has 0 aliphatic carbocycles. The Hall–Kier alpha value is -0.910. The van der Waals surface area contributed by atoms with Crippen molar-refractivity contribution in [3.05, 3.63) is 34.3 Å². The Morgan fingerprint density at radius 1 is 1.37 bits per heavy atom. The first-order chi connectivity index (χ1) is 9.06. The summed E-state index contributed by atoms with van der Waals surface area (Å²) in [6.45, 7) is 6.00. The van der Waals surface area contributed by atoms with Crippen molar-refractivity contribution in [1.82, 2.24) is 10.2 Å². The molecule has 0 saturated heterocycles. The van der Waals surface area contributed by atoms with E-state index in [4.69, 9.17) is 0 Å². The maximum absolute atomic E-state index is 11.5. The van der Waals surface area contributed by atoms with Gasteiger partial charge in [0, 0.05) is 17.6 Å². The summed E-state index contributed by atoms with van der Waals surface area (Å²) in [5.41, 5.74) is 0.859. The second kappa shape index (κ2) is 8.30. The van der Waals surface area contributed by atoms with Crippen LogP contribution in [0, 0.1) is 0 Å². The molecule has 0 aliphatic heterocycles. The molecule has 0 fully saturated rings. The molecule has 1 rings (SSSR count). The minimum absolute atomic E-state index is 0.00708. The number of halogens is 1. The van der Waals surface area contributed by atoms with E-state index in [0.29, 0.717) is 19.6 Å². The van der Waals surface area contributed by atoms with Crippen LogP contribution in [-0.4, -0.2) is 42.1 Å². The van der Waals surface area contributed by atoms with Gasteiger partial charge in [-0.1, -0.05) is 35.0 Å². The molecule has 1 unspecified atom stereocenters. The maximum atomic E-state index is 11.5. The number of aliphatic hydroxyl groups excluding tert-OH is 1. The Labute approximate surface area is 122 Å². The van der Waals surface area contributed by atoms with Crippen LogP contribution in [0.1, 0.15) is 25.5 Å². The van der Waals surface area contributed by atoms with Gasteiger partial charge in [0.05, 0.1) is 12.6 Å². The third-order valence-corrected chi connectivity index (χ3v) is 3.40. The lowest BCUT2D eigenvalue weighted by molar-refractivity contribution is -0.122. The molecule has 0 spiro atoms. The van der Waals surface area contributed by atoms with E-state index in [9.17, 15) is 9.90 Å². The molecule has 0 aliphatic rings. The van der Waals surface area contributed by atoms with Gasteiger partial charge in [0.15, 0.2) is 0 Å². The number of nitrogens with zero attached hydrogens (tertiary/aromatic N) is 1. The molecule has 2 N–H and O–H groups in total. The van der Waals surface area contributed by atoms with Gasteiger partial charge in [-0.3, -0.25) is 9.69 Å². The molecule has 0 heterocycles. The molecule has 1 aromatic rings. The van der Waals surface area contributed by atoms with E-state index >= 15 is 0 Å². The summed E-state index contributed by atoms with van der Waals surface area (Å²) < 4.78 is 0.984. The molecule has 0 bridgehead atoms. The van der Waals surface area contributed by atoms with Gasteiger partial charge >= 0.3 is 0 Å². The Bertz CT molecular complexity index is 395. The SMILES string of the molecule is CCNC(=O)CN(CC)CC(O)c1ccc(Br)cc1. The van der Waals surface area contributed by atoms with Gasteiger partial charge < -0.3 is 10.4 Å². The third-order valence-electron chi connectivity index (χ3n) is 2.87. The first kappa shape index (κ1) is 16.1. The van der Waals surface area contributed by atoms with E-state index in [1.54, 1.807) is 0 Å². The van der Waals surface area contributed by atoms with Crippen LogP contribution in [0.4, 0.5) is 0 Å². The zero-order valence-electron chi connectivity index (χ0n) is 11.4. The minimum atomic E-state index is -0.581. The van der Waals surface area contributed by atoms with Gasteiger partial charge in [0.2, 0.25) is 5.91 Å². The van der Waals surface area contributed by atoms with Crippen LogP contribution in [-0.2, 0) is 4.79 Å². The summed E-state index contributed by atoms with van der Waals surface area (Å²) in [4.78, 5) is 13.5. The van der Waals surface area contributed by atoms with Crippen LogP contribution in [0.25, 0.3) is 0 Å². The fraction of sp³-hybridized carbons (Fsp3) is 0.500. The second-order valence-corrected chi connectivity index (χ2v) is 5.26. The lowest BCUT2D eigenvalue weighted by atomic mass is 10.1. The smallest absolute Gasteiger partial charge is 0.234 e. The quantitative estimate of drug-likeness (QED) is 0.804. The van der Waals surface area contributed by atoms with E-state index in [1.807, 2.05) is 43.0 Å². The Kier molecular flexibility index (Phi) is 7.05. The number of carbonyl (C=O) groups excluding carboxylic acids is 1. The van der Waals surface area contributed by atoms with Crippen molar-refractivity contribution < 1.29 is 9.90 Å². The van der Waals surface area contributed by atoms with Crippen molar-refractivity contribution in [3.63, 3.8) is 0 Å². The highest BCUT2D eigenvalue weighted by atomic mass is 79.9. The predicted octanol–water partition coefficient (Wildman–Crippen LogP) is 1.94. The number of benzene rings is 1. The van der Waals surface area contributed by atoms with Gasteiger partial charge in [-0.2, -0.15) is 0 Å². The predicted molar refractivity (Wildman–Crippen MR) is 79.9 cm³/mol. The number of nitrogens with one attached hydrogen (secondary N) is 1. The van der Waals surface area contributed by atoms with E-state index in [-0.39, 0.29) is 5.91 Å². The first-order valence-corrected chi connectivity index (χ1v) is 7.28. The third kappa shape index (κ3) is 5.72. The van der Waals surface area contributed by atoms with Crippen molar-refractivity contribution in [2.45, 2.75) is 20.0 Å². The van der Waals surface area contributed by atoms with Gasteiger partial charge in [0.1, 0.15) is 0 Å². The summed E-state index contributed by atoms with van der Waals surface area (Å²) in [6.07, 6.45) is -0.581. The fourth-order valence-electron chi connectivity index (χ4n) is 1.80. The monoisotopic (exact) mass is 328 g/mol. The molecule has 0 radical (unpaired) electrons. The van der Waals surface area contributed by atoms with E-state index in [0.717, 1.165) is 16.6 Å². The summed E-state index contributed by atoms with van der Waals surface area (Å²) in [7, 11) is 0. The lowest BCUT2D eigenvalue weighted by Gasteiger charge is -2.23. The molecule has 1 aromatic carbocycles. The molecule has 0 saturated carbocycles. The lowest BCUT2D eigenvalue weighted by Crippen LogP contribution is -2.39. The van der Waals surface area contributed by atoms with E-state index < -0.39 is 6.10 Å². The summed E-state index contributed by atoms with van der Waals surface area (Å²) in [6, 6.07) is 7.57. The standard InChI is InChI=1S/C14H21BrN2O2/c1-3-16-14(19)10-17(4-2)9-13(18)11-5-7-12(15)8-6-11/h5-8,13,18H,3-4,9-10H2,1-2H3,(H,16,19). The number of amides is 1. The maximum Gasteiger partial charge on any atom is 0.234 e. The Balaban J connectivity index is 2.55. The zero-order valence-corrected chi connectivity index (χ0v) is 13.0. The molecule has 5 heteroatoms. The van der Waals surface area contributed by atoms with Crippen molar-refractivity contribution in [1.29, 1.82) is 0 Å². The number of rotatable bonds is 7. The fourth-order valence-corrected chi connectivity index (χ4v) is 2.06. The van der Waals surface area contributed by atoms with Crippen molar-refractivity contribution in [3.8, 4) is 0 Å². The number of carbonyl (C=O) groups is 1. The second-order valence-electron chi connectivity index (χ2n) is 4.35. The number of likely N-dealkylation sites (N-methyl/N-ethyl adjacent to an activating group) is 2. The molecule has 19 heavy (non-hydrogen) atoms. The van der Waals surface area contributed by atoms with Gasteiger partial charge in [0.25, 0.3) is 0 Å². The van der Waals surface area contributed by atoms with Crippen molar-refractivity contribution in [2.24, 2.45) is 0 Å². The normalized spacial score (nSPS) is 12.5. The van der Waals surface area contributed by atoms with E-state index in [2.05, 4.69) is 21.2 Å². The molecular weight excluding hydrogens is 308 g/mol. The Morgan fingerprint density at radius 3 is 2.53 bits per heavy atom. The molecule has 0 aromatic heterocycles. The van der Waals surface area contributed by atoms with Crippen LogP contribution in [0.2, 0.25) is 0 Å². The Morgan fingerprint density at radius 2 is 2.00 bits per heavy atom. The minimum Gasteiger partial charge on any atom is -0.387 e. The molecule has 4 nitrogen and oxygen atoms in total. The number of hydrogen-bond acceptors (Lipinski definition) is 3. The molecule has 1 amide bonds. The number of hydrogen-bond donors (Lipinski definition) is 2. The van der Waals surface area contributed by atoms with Crippen LogP contribution in [0.15, 0.2) is 28.7 Å². The van der Waals surface area contributed by atoms with Gasteiger partial charge in [-0.25, -0.2) is 0 Å². The molecular formula is C14H21BrN2O2. The van der Waals surface area contributed by atoms with Gasteiger partial charge in [-0.15, -0.1) is 0 Å². The average Bonchev–Trinajstić information content (AvgIpc) is 2.38. The average molecular weight is 329 g/mol. The zero-order chi connectivity index (χ0) is 14.3. The van der Waals surface area contributed by atoms with Crippen LogP contribution < -0.4 is 5.32 Å². The largest absolute Gasteiger partial charge is 0.387 e. The molecule has 1 atom stereocenters. The summed E-state index contributed by atoms with van der Waals surface area (Å²) >= 11 is 3.36. The van der Waals surface area contributed by atoms with Crippen LogP contribution >= 0.6 is 15.9 Å². The summed E-state index contributed by atoms with van der Waals surface area (Å²) in [5, 5.41) is 12.9. The van der Waals surface area contributed by atoms with Crippen molar-refractivity contribution in [2.75, 3.05) is 26.2 Å². The highest BCUT2D eigenvalue weighted by Crippen LogP contribution is 2.17. The van der Waals surface area contributed by atoms with Crippen LogP contribution in [0.5, 0.6) is 0 Å². The van der Waals surface area contributed by atoms with Crippen LogP contribution in [0.3, 0.4) is 0 Å². The highest BCUT2D eigenvalue weighted by molar-refractivity contribution is 9.10. The first-order valence-electron chi connectivity index (χ1n) is 6.49. The highest BCUT2D eigenvalue weighted by Gasteiger charge is 2.14. The number of aliphatic hydroxyl groups is 1.